The third-order valence-corrected chi connectivity index (χ3v) is 7.90. The van der Waals surface area contributed by atoms with E-state index in [4.69, 9.17) is 4.74 Å². The van der Waals surface area contributed by atoms with Gasteiger partial charge in [0.1, 0.15) is 5.75 Å². The summed E-state index contributed by atoms with van der Waals surface area (Å²) in [5.41, 5.74) is 1.02. The number of anilines is 1. The predicted octanol–water partition coefficient (Wildman–Crippen LogP) is 6.31. The summed E-state index contributed by atoms with van der Waals surface area (Å²) in [4.78, 5) is 5.02. The summed E-state index contributed by atoms with van der Waals surface area (Å²) in [6.45, 7) is 0.617. The molecule has 0 bridgehead atoms. The Morgan fingerprint density at radius 1 is 0.929 bits per heavy atom. The highest BCUT2D eigenvalue weighted by atomic mass is 79.9. The molecule has 0 saturated heterocycles. The molecular formula is C22H20BrNO2S2. The molecule has 0 fully saturated rings. The summed E-state index contributed by atoms with van der Waals surface area (Å²) < 4.78 is 6.89. The average molecular weight is 474 g/mol. The predicted molar refractivity (Wildman–Crippen MR) is 120 cm³/mol. The molecule has 6 heteroatoms. The van der Waals surface area contributed by atoms with Crippen LogP contribution in [0.3, 0.4) is 0 Å². The third kappa shape index (κ3) is 4.69. The molecule has 0 aliphatic carbocycles. The van der Waals surface area contributed by atoms with E-state index in [1.54, 1.807) is 23.5 Å². The lowest BCUT2D eigenvalue weighted by Crippen LogP contribution is -2.26. The number of fused-ring (bicyclic) bond motifs is 2. The minimum Gasteiger partial charge on any atom is -0.494 e. The summed E-state index contributed by atoms with van der Waals surface area (Å²) in [7, 11) is 0. The smallest absolute Gasteiger partial charge is 0.119 e. The van der Waals surface area contributed by atoms with Gasteiger partial charge in [-0.3, -0.25) is 0 Å². The van der Waals surface area contributed by atoms with Crippen molar-refractivity contribution >= 4 is 45.1 Å². The summed E-state index contributed by atoms with van der Waals surface area (Å²) in [5, 5.41) is 13.2. The lowest BCUT2D eigenvalue weighted by atomic mass is 10.2. The number of aliphatic hydroxyl groups excluding tert-OH is 1. The zero-order valence-electron chi connectivity index (χ0n) is 15.1. The molecule has 3 nitrogen and oxygen atoms in total. The summed E-state index contributed by atoms with van der Waals surface area (Å²) in [5.74, 6) is 0.853. The Hall–Kier alpha value is -1.60. The van der Waals surface area contributed by atoms with Crippen LogP contribution >= 0.6 is 39.5 Å². The molecule has 28 heavy (non-hydrogen) atoms. The zero-order chi connectivity index (χ0) is 19.3. The normalized spacial score (nSPS) is 13.4. The van der Waals surface area contributed by atoms with Gasteiger partial charge in [0.15, 0.2) is 0 Å². The molecule has 0 saturated carbocycles. The van der Waals surface area contributed by atoms with Crippen LogP contribution in [-0.4, -0.2) is 24.4 Å². The fraction of sp³-hybridized carbons (Fsp3) is 0.182. The van der Waals surface area contributed by atoms with Gasteiger partial charge in [-0.25, -0.2) is 0 Å². The van der Waals surface area contributed by atoms with Crippen LogP contribution in [0.2, 0.25) is 0 Å². The quantitative estimate of drug-likeness (QED) is 0.329. The Balaban J connectivity index is 1.39. The fourth-order valence-corrected chi connectivity index (χ4v) is 5.97. The molecule has 0 amide bonds. The van der Waals surface area contributed by atoms with Crippen molar-refractivity contribution in [1.82, 2.24) is 0 Å². The number of ether oxygens (including phenoxy) is 1. The van der Waals surface area contributed by atoms with Crippen molar-refractivity contribution in [3.8, 4) is 5.75 Å². The van der Waals surface area contributed by atoms with Gasteiger partial charge in [0, 0.05) is 36.2 Å². The van der Waals surface area contributed by atoms with E-state index < -0.39 is 0 Å². The minimum atomic E-state index is -0.0514. The van der Waals surface area contributed by atoms with Gasteiger partial charge in [-0.1, -0.05) is 47.8 Å². The van der Waals surface area contributed by atoms with E-state index in [2.05, 4.69) is 57.6 Å². The Morgan fingerprint density at radius 2 is 1.79 bits per heavy atom. The van der Waals surface area contributed by atoms with Gasteiger partial charge < -0.3 is 15.2 Å². The van der Waals surface area contributed by atoms with Crippen molar-refractivity contribution in [2.24, 2.45) is 0 Å². The van der Waals surface area contributed by atoms with Gasteiger partial charge in [-0.05, 0) is 58.4 Å². The number of benzene rings is 3. The second-order valence-electron chi connectivity index (χ2n) is 6.41. The molecule has 1 heterocycles. The highest BCUT2D eigenvalue weighted by Gasteiger charge is 2.19. The van der Waals surface area contributed by atoms with Crippen molar-refractivity contribution in [2.75, 3.05) is 18.5 Å². The van der Waals surface area contributed by atoms with E-state index in [0.717, 1.165) is 22.3 Å². The van der Waals surface area contributed by atoms with Crippen molar-refractivity contribution in [1.29, 1.82) is 0 Å². The summed E-state index contributed by atoms with van der Waals surface area (Å²) >= 11 is 7.22. The van der Waals surface area contributed by atoms with Crippen LogP contribution in [0.15, 0.2) is 90.8 Å². The van der Waals surface area contributed by atoms with Crippen LogP contribution < -0.4 is 10.1 Å². The maximum Gasteiger partial charge on any atom is 0.119 e. The number of hydrogen-bond donors (Lipinski definition) is 2. The van der Waals surface area contributed by atoms with Crippen LogP contribution in [0.25, 0.3) is 0 Å². The van der Waals surface area contributed by atoms with Crippen LogP contribution in [0, 0.1) is 0 Å². The second-order valence-corrected chi connectivity index (χ2v) is 9.40. The van der Waals surface area contributed by atoms with Gasteiger partial charge in [0.25, 0.3) is 0 Å². The maximum absolute atomic E-state index is 9.75. The van der Waals surface area contributed by atoms with Crippen molar-refractivity contribution < 1.29 is 9.84 Å². The topological polar surface area (TPSA) is 41.5 Å². The molecule has 1 atom stereocenters. The van der Waals surface area contributed by atoms with Crippen LogP contribution in [0.5, 0.6) is 5.75 Å². The monoisotopic (exact) mass is 473 g/mol. The number of hydrogen-bond acceptors (Lipinski definition) is 5. The number of aliphatic hydroxyl groups is 1. The Labute approximate surface area is 182 Å². The largest absolute Gasteiger partial charge is 0.494 e. The van der Waals surface area contributed by atoms with E-state index >= 15 is 0 Å². The minimum absolute atomic E-state index is 0.0514. The molecule has 4 rings (SSSR count). The summed E-state index contributed by atoms with van der Waals surface area (Å²) in [6, 6.07) is 22.4. The first-order chi connectivity index (χ1) is 13.7. The number of rotatable bonds is 7. The highest BCUT2D eigenvalue weighted by Crippen LogP contribution is 2.51. The van der Waals surface area contributed by atoms with Gasteiger partial charge in [-0.2, -0.15) is 0 Å². The molecule has 3 aromatic carbocycles. The van der Waals surface area contributed by atoms with E-state index in [9.17, 15) is 5.11 Å². The van der Waals surface area contributed by atoms with Crippen LogP contribution in [-0.2, 0) is 0 Å². The van der Waals surface area contributed by atoms with Crippen LogP contribution in [0.1, 0.15) is 6.42 Å². The number of nitrogens with one attached hydrogen (secondary N) is 1. The average Bonchev–Trinajstić information content (AvgIpc) is 2.73. The number of halogens is 1. The van der Waals surface area contributed by atoms with Crippen molar-refractivity contribution in [3.63, 3.8) is 0 Å². The SMILES string of the molecule is OC[C@@H](CCOc1ccccc1)Nc1ccc2c(c1)Sc1cccc(Br)c1S2. The molecule has 1 aliphatic heterocycles. The molecule has 0 aromatic heterocycles. The first kappa shape index (κ1) is 19.7. The van der Waals surface area contributed by atoms with Gasteiger partial charge in [0.05, 0.1) is 19.3 Å². The molecular weight excluding hydrogens is 454 g/mol. The third-order valence-electron chi connectivity index (χ3n) is 4.38. The molecule has 0 spiro atoms. The van der Waals surface area contributed by atoms with E-state index in [1.165, 1.54) is 19.6 Å². The lowest BCUT2D eigenvalue weighted by molar-refractivity contribution is 0.238. The van der Waals surface area contributed by atoms with Crippen LogP contribution in [0.4, 0.5) is 5.69 Å². The fourth-order valence-electron chi connectivity index (χ4n) is 2.94. The Bertz CT molecular complexity index is 953. The standard InChI is InChI=1S/C22H20BrNO2S2/c23-18-7-4-8-20-22(18)28-19-10-9-15(13-21(19)27-20)24-16(14-25)11-12-26-17-5-2-1-3-6-17/h1-10,13,16,24-25H,11-12,14H2/t16-/m1/s1. The van der Waals surface area contributed by atoms with Crippen molar-refractivity contribution in [3.05, 3.63) is 71.2 Å². The maximum atomic E-state index is 9.75. The first-order valence-corrected chi connectivity index (χ1v) is 11.5. The molecule has 0 radical (unpaired) electrons. The first-order valence-electron chi connectivity index (χ1n) is 9.06. The summed E-state index contributed by atoms with van der Waals surface area (Å²) in [6.07, 6.45) is 0.722. The zero-order valence-corrected chi connectivity index (χ0v) is 18.3. The Morgan fingerprint density at radius 3 is 2.61 bits per heavy atom. The molecule has 2 N–H and O–H groups in total. The van der Waals surface area contributed by atoms with E-state index in [1.807, 2.05) is 30.3 Å². The highest BCUT2D eigenvalue weighted by molar-refractivity contribution is 9.10. The van der Waals surface area contributed by atoms with Gasteiger partial charge in [0.2, 0.25) is 0 Å². The second kappa shape index (κ2) is 9.27. The van der Waals surface area contributed by atoms with Crippen molar-refractivity contribution in [2.45, 2.75) is 32.0 Å². The van der Waals surface area contributed by atoms with E-state index in [0.29, 0.717) is 6.61 Å². The number of para-hydroxylation sites is 1. The molecule has 0 unspecified atom stereocenters. The molecule has 3 aromatic rings. The van der Waals surface area contributed by atoms with Gasteiger partial charge >= 0.3 is 0 Å². The van der Waals surface area contributed by atoms with E-state index in [-0.39, 0.29) is 12.6 Å². The molecule has 144 valence electrons. The van der Waals surface area contributed by atoms with Gasteiger partial charge in [-0.15, -0.1) is 0 Å². The lowest BCUT2D eigenvalue weighted by Gasteiger charge is -2.22. The molecule has 1 aliphatic rings. The Kier molecular flexibility index (Phi) is 6.52.